The van der Waals surface area contributed by atoms with Gasteiger partial charge in [-0.3, -0.25) is 0 Å². The molecule has 20 heavy (non-hydrogen) atoms. The average molecular weight is 272 g/mol. The van der Waals surface area contributed by atoms with Crippen LogP contribution in [0.2, 0.25) is 0 Å². The zero-order valence-electron chi connectivity index (χ0n) is 11.3. The second kappa shape index (κ2) is 5.96. The number of nitrogens with zero attached hydrogens (tertiary/aromatic N) is 4. The number of aromatic nitrogens is 2. The number of rotatable bonds is 4. The summed E-state index contributed by atoms with van der Waals surface area (Å²) in [6.45, 7) is 4.29. The predicted octanol–water partition coefficient (Wildman–Crippen LogP) is 1.51. The summed E-state index contributed by atoms with van der Waals surface area (Å²) in [6, 6.07) is 8.05. The summed E-state index contributed by atoms with van der Waals surface area (Å²) in [5.74, 6) is 0.638. The molecule has 104 valence electrons. The van der Waals surface area contributed by atoms with Gasteiger partial charge in [0.1, 0.15) is 0 Å². The van der Waals surface area contributed by atoms with Crippen LogP contribution in [0.1, 0.15) is 36.6 Å². The van der Waals surface area contributed by atoms with Crippen molar-refractivity contribution in [3.05, 3.63) is 41.1 Å². The van der Waals surface area contributed by atoms with E-state index < -0.39 is 0 Å². The maximum Gasteiger partial charge on any atom is 0.199 e. The summed E-state index contributed by atoms with van der Waals surface area (Å²) in [7, 11) is 0. The lowest BCUT2D eigenvalue weighted by molar-refractivity contribution is 0.308. The molecule has 0 saturated heterocycles. The molecule has 7 heteroatoms. The molecule has 0 bridgehead atoms. The van der Waals surface area contributed by atoms with Gasteiger partial charge in [-0.05, 0) is 27.4 Å². The Morgan fingerprint density at radius 1 is 1.25 bits per heavy atom. The van der Waals surface area contributed by atoms with E-state index in [0.29, 0.717) is 5.92 Å². The third kappa shape index (κ3) is 3.19. The smallest absolute Gasteiger partial charge is 0.199 e. The van der Waals surface area contributed by atoms with Gasteiger partial charge in [0.2, 0.25) is 0 Å². The van der Waals surface area contributed by atoms with Crippen molar-refractivity contribution in [1.29, 1.82) is 0 Å². The highest BCUT2D eigenvalue weighted by molar-refractivity contribution is 5.99. The van der Waals surface area contributed by atoms with E-state index >= 15 is 0 Å². The van der Waals surface area contributed by atoms with Crippen LogP contribution >= 0.6 is 0 Å². The Morgan fingerprint density at radius 3 is 2.50 bits per heavy atom. The lowest BCUT2D eigenvalue weighted by Crippen LogP contribution is -2.15. The second-order valence-electron chi connectivity index (χ2n) is 4.55. The standard InChI is InChI=1S/C13H16N6O/c1-8(2)10-5-3-9(4-6-10)7-16-17-12(14)11-13(15)19-20-18-11/h3-8H,1-2H3,(H2,14,17)(H2,15,19). The van der Waals surface area contributed by atoms with Crippen molar-refractivity contribution in [2.24, 2.45) is 15.9 Å². The van der Waals surface area contributed by atoms with Gasteiger partial charge in [-0.2, -0.15) is 5.10 Å². The summed E-state index contributed by atoms with van der Waals surface area (Å²) < 4.78 is 4.43. The van der Waals surface area contributed by atoms with Gasteiger partial charge in [0.05, 0.1) is 6.21 Å². The van der Waals surface area contributed by atoms with Gasteiger partial charge in [-0.15, -0.1) is 5.10 Å². The minimum absolute atomic E-state index is 0.0544. The van der Waals surface area contributed by atoms with Crippen LogP contribution in [0.3, 0.4) is 0 Å². The van der Waals surface area contributed by atoms with E-state index in [2.05, 4.69) is 51.1 Å². The van der Waals surface area contributed by atoms with E-state index in [4.69, 9.17) is 11.5 Å². The summed E-state index contributed by atoms with van der Waals surface area (Å²) in [5.41, 5.74) is 13.5. The van der Waals surface area contributed by atoms with Crippen molar-refractivity contribution in [3.63, 3.8) is 0 Å². The van der Waals surface area contributed by atoms with Crippen molar-refractivity contribution in [1.82, 2.24) is 10.3 Å². The first-order chi connectivity index (χ1) is 9.58. The molecule has 0 radical (unpaired) electrons. The molecule has 7 nitrogen and oxygen atoms in total. The van der Waals surface area contributed by atoms with Gasteiger partial charge in [-0.25, -0.2) is 4.63 Å². The fraction of sp³-hybridized carbons (Fsp3) is 0.231. The van der Waals surface area contributed by atoms with E-state index in [1.807, 2.05) is 12.1 Å². The maximum absolute atomic E-state index is 5.66. The molecule has 0 unspecified atom stereocenters. The van der Waals surface area contributed by atoms with E-state index in [1.165, 1.54) is 5.56 Å². The summed E-state index contributed by atoms with van der Waals surface area (Å²) in [6.07, 6.45) is 1.60. The molecule has 1 heterocycles. The van der Waals surface area contributed by atoms with Crippen LogP contribution in [-0.2, 0) is 0 Å². The molecule has 4 N–H and O–H groups in total. The molecule has 2 rings (SSSR count). The van der Waals surface area contributed by atoms with Crippen LogP contribution < -0.4 is 11.5 Å². The summed E-state index contributed by atoms with van der Waals surface area (Å²) >= 11 is 0. The Balaban J connectivity index is 2.08. The summed E-state index contributed by atoms with van der Waals surface area (Å²) in [5, 5.41) is 14.6. The predicted molar refractivity (Wildman–Crippen MR) is 77.6 cm³/mol. The number of hydrogen-bond donors (Lipinski definition) is 2. The van der Waals surface area contributed by atoms with Crippen LogP contribution in [-0.4, -0.2) is 22.4 Å². The van der Waals surface area contributed by atoms with Gasteiger partial charge >= 0.3 is 0 Å². The van der Waals surface area contributed by atoms with Crippen molar-refractivity contribution in [2.45, 2.75) is 19.8 Å². The van der Waals surface area contributed by atoms with Crippen molar-refractivity contribution >= 4 is 17.9 Å². The number of nitrogens with two attached hydrogens (primary N) is 2. The number of benzene rings is 1. The molecular weight excluding hydrogens is 256 g/mol. The first kappa shape index (κ1) is 13.7. The molecule has 0 aliphatic rings. The van der Waals surface area contributed by atoms with Crippen LogP contribution in [0.15, 0.2) is 39.1 Å². The SMILES string of the molecule is CC(C)c1ccc(C=NN=C(N)c2nonc2N)cc1. The zero-order valence-corrected chi connectivity index (χ0v) is 11.3. The fourth-order valence-corrected chi connectivity index (χ4v) is 1.55. The largest absolute Gasteiger partial charge is 0.380 e. The quantitative estimate of drug-likeness (QED) is 0.497. The van der Waals surface area contributed by atoms with Crippen LogP contribution in [0.4, 0.5) is 5.82 Å². The van der Waals surface area contributed by atoms with Gasteiger partial charge in [0.15, 0.2) is 17.3 Å². The fourth-order valence-electron chi connectivity index (χ4n) is 1.55. The summed E-state index contributed by atoms with van der Waals surface area (Å²) in [4.78, 5) is 0. The number of hydrogen-bond acceptors (Lipinski definition) is 6. The highest BCUT2D eigenvalue weighted by Crippen LogP contribution is 2.13. The minimum Gasteiger partial charge on any atom is -0.380 e. The van der Waals surface area contributed by atoms with E-state index in [1.54, 1.807) is 6.21 Å². The molecule has 1 aromatic carbocycles. The monoisotopic (exact) mass is 272 g/mol. The minimum atomic E-state index is 0.0544. The lowest BCUT2D eigenvalue weighted by Gasteiger charge is -2.03. The molecule has 0 spiro atoms. The normalized spacial score (nSPS) is 12.4. The van der Waals surface area contributed by atoms with Crippen LogP contribution in [0, 0.1) is 0 Å². The molecule has 2 aromatic rings. The van der Waals surface area contributed by atoms with Crippen molar-refractivity contribution in [3.8, 4) is 0 Å². The zero-order chi connectivity index (χ0) is 14.5. The second-order valence-corrected chi connectivity index (χ2v) is 4.55. The Kier molecular flexibility index (Phi) is 4.09. The maximum atomic E-state index is 5.66. The van der Waals surface area contributed by atoms with Crippen LogP contribution in [0.5, 0.6) is 0 Å². The van der Waals surface area contributed by atoms with Gasteiger partial charge in [0, 0.05) is 0 Å². The van der Waals surface area contributed by atoms with Gasteiger partial charge < -0.3 is 11.5 Å². The molecule has 0 fully saturated rings. The molecule has 0 aliphatic heterocycles. The highest BCUT2D eigenvalue weighted by atomic mass is 16.6. The van der Waals surface area contributed by atoms with E-state index in [-0.39, 0.29) is 17.3 Å². The Morgan fingerprint density at radius 2 is 1.95 bits per heavy atom. The van der Waals surface area contributed by atoms with Crippen LogP contribution in [0.25, 0.3) is 0 Å². The first-order valence-electron chi connectivity index (χ1n) is 6.12. The highest BCUT2D eigenvalue weighted by Gasteiger charge is 2.09. The Hall–Kier alpha value is -2.70. The van der Waals surface area contributed by atoms with Gasteiger partial charge in [0.25, 0.3) is 0 Å². The Labute approximate surface area is 116 Å². The first-order valence-corrected chi connectivity index (χ1v) is 6.12. The van der Waals surface area contributed by atoms with E-state index in [0.717, 1.165) is 5.56 Å². The van der Waals surface area contributed by atoms with Crippen molar-refractivity contribution < 1.29 is 4.63 Å². The molecule has 0 saturated carbocycles. The molecular formula is C13H16N6O. The average Bonchev–Trinajstić information content (AvgIpc) is 2.85. The van der Waals surface area contributed by atoms with Crippen molar-refractivity contribution in [2.75, 3.05) is 5.73 Å². The topological polar surface area (TPSA) is 116 Å². The molecule has 0 amide bonds. The Bertz CT molecular complexity index is 627. The van der Waals surface area contributed by atoms with E-state index in [9.17, 15) is 0 Å². The number of amidine groups is 1. The molecule has 1 aromatic heterocycles. The molecule has 0 atom stereocenters. The lowest BCUT2D eigenvalue weighted by atomic mass is 10.0. The molecule has 0 aliphatic carbocycles. The number of anilines is 1. The third-order valence-corrected chi connectivity index (χ3v) is 2.73. The number of nitrogen functional groups attached to an aromatic ring is 1. The van der Waals surface area contributed by atoms with Gasteiger partial charge in [-0.1, -0.05) is 38.1 Å². The third-order valence-electron chi connectivity index (χ3n) is 2.73.